The van der Waals surface area contributed by atoms with Gasteiger partial charge in [-0.15, -0.1) is 11.6 Å². The van der Waals surface area contributed by atoms with E-state index in [1.54, 1.807) is 0 Å². The molecule has 0 unspecified atom stereocenters. The highest BCUT2D eigenvalue weighted by Gasteiger charge is 2.02. The van der Waals surface area contributed by atoms with E-state index in [9.17, 15) is 4.79 Å². The minimum atomic E-state index is -0.157. The molecule has 12 heteroatoms. The minimum absolute atomic E-state index is 0.157. The topological polar surface area (TPSA) is 109 Å². The van der Waals surface area contributed by atoms with Gasteiger partial charge in [0.25, 0.3) is 0 Å². The number of carbonyl (C=O) groups excluding carboxylic acids is 1. The largest absolute Gasteiger partial charge is 0.463 e. The van der Waals surface area contributed by atoms with E-state index in [1.165, 1.54) is 12.8 Å². The van der Waals surface area contributed by atoms with Gasteiger partial charge in [-0.2, -0.15) is 0 Å². The van der Waals surface area contributed by atoms with Gasteiger partial charge in [-0.1, -0.05) is 32.6 Å². The van der Waals surface area contributed by atoms with Gasteiger partial charge in [0.05, 0.1) is 112 Å². The summed E-state index contributed by atoms with van der Waals surface area (Å²) in [6.07, 6.45) is 8.00. The summed E-state index contributed by atoms with van der Waals surface area (Å²) in [6, 6.07) is 0. The van der Waals surface area contributed by atoms with Gasteiger partial charge in [0.15, 0.2) is 0 Å². The highest BCUT2D eigenvalue weighted by molar-refractivity contribution is 6.17. The Morgan fingerprint density at radius 1 is 0.405 bits per heavy atom. The number of halogens is 1. The average molecular weight is 631 g/mol. The smallest absolute Gasteiger partial charge is 0.305 e. The summed E-state index contributed by atoms with van der Waals surface area (Å²) in [5.74, 6) is 0.586. The van der Waals surface area contributed by atoms with Crippen molar-refractivity contribution in [3.8, 4) is 0 Å². The van der Waals surface area contributed by atoms with Crippen LogP contribution in [-0.2, 0) is 52.2 Å². The van der Waals surface area contributed by atoms with Crippen molar-refractivity contribution in [2.45, 2.75) is 58.3 Å². The second-order valence-electron chi connectivity index (χ2n) is 9.29. The fourth-order valence-electron chi connectivity index (χ4n) is 3.32. The van der Waals surface area contributed by atoms with Crippen LogP contribution < -0.4 is 0 Å². The molecule has 0 saturated heterocycles. The predicted molar refractivity (Wildman–Crippen MR) is 162 cm³/mol. The lowest BCUT2D eigenvalue weighted by atomic mass is 10.2. The number of unbranched alkanes of at least 4 members (excludes halogenated alkanes) is 5. The van der Waals surface area contributed by atoms with Gasteiger partial charge in [0.2, 0.25) is 0 Å². The second kappa shape index (κ2) is 38.4. The summed E-state index contributed by atoms with van der Waals surface area (Å²) in [4.78, 5) is 11.4. The van der Waals surface area contributed by atoms with Crippen LogP contribution in [0.5, 0.6) is 0 Å². The van der Waals surface area contributed by atoms with Crippen molar-refractivity contribution in [1.82, 2.24) is 0 Å². The van der Waals surface area contributed by atoms with Crippen LogP contribution in [0.3, 0.4) is 0 Å². The molecule has 0 atom stereocenters. The zero-order valence-corrected chi connectivity index (χ0v) is 26.9. The minimum Gasteiger partial charge on any atom is -0.463 e. The third-order valence-electron chi connectivity index (χ3n) is 5.62. The SMILES string of the molecule is CCCCCC(=O)OCCOCCOCCOCCOCCOCCOCCOCCOCCOCCCCCCCl. The Balaban J connectivity index is 3.06. The van der Waals surface area contributed by atoms with E-state index >= 15 is 0 Å². The Morgan fingerprint density at radius 3 is 1.10 bits per heavy atom. The van der Waals surface area contributed by atoms with Crippen LogP contribution in [0, 0.1) is 0 Å². The first-order chi connectivity index (χ1) is 20.8. The van der Waals surface area contributed by atoms with Crippen molar-refractivity contribution in [3.63, 3.8) is 0 Å². The van der Waals surface area contributed by atoms with E-state index in [-0.39, 0.29) is 12.6 Å². The summed E-state index contributed by atoms with van der Waals surface area (Å²) in [6.45, 7) is 11.9. The van der Waals surface area contributed by atoms with Crippen LogP contribution in [0.4, 0.5) is 0 Å². The number of ether oxygens (including phenoxy) is 10. The van der Waals surface area contributed by atoms with Gasteiger partial charge in [-0.05, 0) is 19.3 Å². The molecule has 0 heterocycles. The van der Waals surface area contributed by atoms with Crippen LogP contribution >= 0.6 is 11.6 Å². The van der Waals surface area contributed by atoms with Gasteiger partial charge in [0, 0.05) is 18.9 Å². The van der Waals surface area contributed by atoms with Gasteiger partial charge in [0.1, 0.15) is 6.61 Å². The Kier molecular flexibility index (Phi) is 37.9. The number of carbonyl (C=O) groups is 1. The molecule has 0 spiro atoms. The predicted octanol–water partition coefficient (Wildman–Crippen LogP) is 4.06. The zero-order chi connectivity index (χ0) is 30.4. The number of hydrogen-bond acceptors (Lipinski definition) is 11. The fourth-order valence-corrected chi connectivity index (χ4v) is 3.51. The first kappa shape index (κ1) is 41.4. The van der Waals surface area contributed by atoms with E-state index in [0.29, 0.717) is 119 Å². The van der Waals surface area contributed by atoms with Crippen LogP contribution in [0.1, 0.15) is 58.3 Å². The number of esters is 1. The highest BCUT2D eigenvalue weighted by Crippen LogP contribution is 2.01. The van der Waals surface area contributed by atoms with E-state index in [1.807, 2.05) is 0 Å². The lowest BCUT2D eigenvalue weighted by Crippen LogP contribution is -2.15. The summed E-state index contributed by atoms with van der Waals surface area (Å²) >= 11 is 5.65. The molecule has 0 amide bonds. The monoisotopic (exact) mass is 630 g/mol. The van der Waals surface area contributed by atoms with Crippen LogP contribution in [0.25, 0.3) is 0 Å². The van der Waals surface area contributed by atoms with Crippen molar-refractivity contribution >= 4 is 17.6 Å². The van der Waals surface area contributed by atoms with Crippen molar-refractivity contribution in [3.05, 3.63) is 0 Å². The van der Waals surface area contributed by atoms with Crippen molar-refractivity contribution in [1.29, 1.82) is 0 Å². The molecule has 0 saturated carbocycles. The molecule has 0 aromatic carbocycles. The molecule has 0 N–H and O–H groups in total. The molecule has 11 nitrogen and oxygen atoms in total. The summed E-state index contributed by atoms with van der Waals surface area (Å²) < 4.78 is 54.2. The van der Waals surface area contributed by atoms with Gasteiger partial charge in [-0.25, -0.2) is 0 Å². The molecule has 0 aromatic heterocycles. The maximum Gasteiger partial charge on any atom is 0.305 e. The summed E-state index contributed by atoms with van der Waals surface area (Å²) in [5.41, 5.74) is 0. The fraction of sp³-hybridized carbons (Fsp3) is 0.967. The first-order valence-electron chi connectivity index (χ1n) is 15.7. The lowest BCUT2D eigenvalue weighted by Gasteiger charge is -2.09. The Morgan fingerprint density at radius 2 is 0.738 bits per heavy atom. The molecule has 0 fully saturated rings. The average Bonchev–Trinajstić information content (AvgIpc) is 2.99. The molecule has 0 radical (unpaired) electrons. The second-order valence-corrected chi connectivity index (χ2v) is 9.67. The molecule has 0 rings (SSSR count). The van der Waals surface area contributed by atoms with E-state index in [2.05, 4.69) is 6.92 Å². The maximum atomic E-state index is 11.4. The van der Waals surface area contributed by atoms with Crippen molar-refractivity contribution in [2.75, 3.05) is 131 Å². The number of hydrogen-bond donors (Lipinski definition) is 0. The number of rotatable bonds is 37. The molecule has 0 bridgehead atoms. The lowest BCUT2D eigenvalue weighted by molar-refractivity contribution is -0.145. The van der Waals surface area contributed by atoms with Crippen LogP contribution in [0.2, 0.25) is 0 Å². The molecular weight excluding hydrogens is 572 g/mol. The van der Waals surface area contributed by atoms with Gasteiger partial charge < -0.3 is 47.4 Å². The van der Waals surface area contributed by atoms with Crippen LogP contribution in [0.15, 0.2) is 0 Å². The molecule has 0 aliphatic carbocycles. The third-order valence-corrected chi connectivity index (χ3v) is 5.89. The Hall–Kier alpha value is -0.600. The first-order valence-corrected chi connectivity index (χ1v) is 16.3. The number of alkyl halides is 1. The quantitative estimate of drug-likeness (QED) is 0.0563. The Labute approximate surface area is 259 Å². The molecule has 0 aliphatic rings. The maximum absolute atomic E-state index is 11.4. The normalized spacial score (nSPS) is 11.4. The molecular formula is C30H59ClO11. The summed E-state index contributed by atoms with van der Waals surface area (Å²) in [5, 5.41) is 0. The Bertz CT molecular complexity index is 518. The van der Waals surface area contributed by atoms with Crippen molar-refractivity contribution in [2.24, 2.45) is 0 Å². The van der Waals surface area contributed by atoms with E-state index in [4.69, 9.17) is 59.0 Å². The highest BCUT2D eigenvalue weighted by atomic mass is 35.5. The molecule has 0 aliphatic heterocycles. The van der Waals surface area contributed by atoms with E-state index < -0.39 is 0 Å². The molecule has 0 aromatic rings. The third kappa shape index (κ3) is 37.4. The molecule has 252 valence electrons. The zero-order valence-electron chi connectivity index (χ0n) is 26.2. The summed E-state index contributed by atoms with van der Waals surface area (Å²) in [7, 11) is 0. The van der Waals surface area contributed by atoms with Crippen LogP contribution in [-0.4, -0.2) is 137 Å². The molecule has 42 heavy (non-hydrogen) atoms. The van der Waals surface area contributed by atoms with Gasteiger partial charge in [-0.3, -0.25) is 4.79 Å². The van der Waals surface area contributed by atoms with Gasteiger partial charge >= 0.3 is 5.97 Å². The van der Waals surface area contributed by atoms with E-state index in [0.717, 1.165) is 44.6 Å². The standard InChI is InChI=1S/C30H59ClO11/c1-2-3-6-9-30(32)42-29-28-41-27-26-40-25-24-39-23-22-38-21-20-37-19-18-36-17-16-35-15-14-34-13-12-33-11-8-5-4-7-10-31/h2-29H2,1H3. The van der Waals surface area contributed by atoms with Crippen molar-refractivity contribution < 1.29 is 52.2 Å².